The van der Waals surface area contributed by atoms with Gasteiger partial charge in [-0.1, -0.05) is 19.3 Å². The number of nitrogens with zero attached hydrogens (tertiary/aromatic N) is 5. The van der Waals surface area contributed by atoms with E-state index >= 15 is 0 Å². The van der Waals surface area contributed by atoms with Crippen LogP contribution in [0.1, 0.15) is 81.7 Å². The summed E-state index contributed by atoms with van der Waals surface area (Å²) < 4.78 is 2.19. The van der Waals surface area contributed by atoms with Gasteiger partial charge in [-0.3, -0.25) is 9.58 Å². The molecule has 1 aromatic heterocycles. The van der Waals surface area contributed by atoms with E-state index in [-0.39, 0.29) is 0 Å². The number of rotatable bonds is 9. The number of aryl methyl sites for hydroxylation is 2. The second-order valence-corrected chi connectivity index (χ2v) is 10.5. The van der Waals surface area contributed by atoms with Gasteiger partial charge in [0.05, 0.1) is 5.69 Å². The molecule has 0 amide bonds. The number of aromatic nitrogens is 2. The van der Waals surface area contributed by atoms with Gasteiger partial charge in [-0.2, -0.15) is 5.10 Å². The molecule has 5 nitrogen and oxygen atoms in total. The molecule has 0 bridgehead atoms. The van der Waals surface area contributed by atoms with Gasteiger partial charge in [0.25, 0.3) is 0 Å². The molecule has 0 unspecified atom stereocenters. The summed E-state index contributed by atoms with van der Waals surface area (Å²) in [5, 5.41) is 4.81. The van der Waals surface area contributed by atoms with Crippen molar-refractivity contribution in [2.24, 2.45) is 5.92 Å². The van der Waals surface area contributed by atoms with Gasteiger partial charge < -0.3 is 9.80 Å². The zero-order valence-corrected chi connectivity index (χ0v) is 20.6. The maximum Gasteiger partial charge on any atom is 0.0641 e. The van der Waals surface area contributed by atoms with Crippen LogP contribution >= 0.6 is 0 Å². The Labute approximate surface area is 191 Å². The van der Waals surface area contributed by atoms with Crippen molar-refractivity contribution in [1.82, 2.24) is 24.5 Å². The van der Waals surface area contributed by atoms with Crippen LogP contribution in [-0.2, 0) is 13.1 Å². The summed E-state index contributed by atoms with van der Waals surface area (Å²) >= 11 is 0. The van der Waals surface area contributed by atoms with Crippen molar-refractivity contribution >= 4 is 0 Å². The van der Waals surface area contributed by atoms with Crippen LogP contribution in [0.15, 0.2) is 0 Å². The Hall–Kier alpha value is -0.910. The molecule has 1 aliphatic carbocycles. The molecule has 5 heteroatoms. The highest BCUT2D eigenvalue weighted by Crippen LogP contribution is 2.28. The number of hydrogen-bond donors (Lipinski definition) is 0. The molecule has 2 aliphatic heterocycles. The maximum atomic E-state index is 4.81. The van der Waals surface area contributed by atoms with Crippen LogP contribution in [0.2, 0.25) is 0 Å². The fraction of sp³-hybridized carbons (Fsp3) is 0.885. The Morgan fingerprint density at radius 2 is 1.71 bits per heavy atom. The maximum absolute atomic E-state index is 4.81. The zero-order valence-electron chi connectivity index (χ0n) is 20.6. The average molecular weight is 430 g/mol. The molecule has 176 valence electrons. The van der Waals surface area contributed by atoms with Crippen molar-refractivity contribution in [1.29, 1.82) is 0 Å². The van der Waals surface area contributed by atoms with E-state index in [1.54, 1.807) is 0 Å². The van der Waals surface area contributed by atoms with Crippen molar-refractivity contribution in [3.63, 3.8) is 0 Å². The minimum absolute atomic E-state index is 0.831. The third kappa shape index (κ3) is 6.11. The van der Waals surface area contributed by atoms with Crippen LogP contribution in [-0.4, -0.2) is 76.3 Å². The summed E-state index contributed by atoms with van der Waals surface area (Å²) in [4.78, 5) is 8.35. The molecule has 1 atom stereocenters. The molecule has 2 saturated heterocycles. The average Bonchev–Trinajstić information content (AvgIpc) is 3.42. The SMILES string of the molecule is CCn1nc(C)c(CN(CCN2CCCCC2)C[C@@H]2CCCN(C3CCCC3)C2)c1C. The van der Waals surface area contributed by atoms with E-state index in [9.17, 15) is 0 Å². The highest BCUT2D eigenvalue weighted by molar-refractivity contribution is 5.24. The zero-order chi connectivity index (χ0) is 21.6. The lowest BCUT2D eigenvalue weighted by atomic mass is 9.95. The summed E-state index contributed by atoms with van der Waals surface area (Å²) in [6.45, 7) is 17.7. The summed E-state index contributed by atoms with van der Waals surface area (Å²) in [5.74, 6) is 0.831. The third-order valence-corrected chi connectivity index (χ3v) is 8.30. The molecule has 31 heavy (non-hydrogen) atoms. The van der Waals surface area contributed by atoms with Gasteiger partial charge in [-0.25, -0.2) is 0 Å². The number of piperidine rings is 2. The van der Waals surface area contributed by atoms with E-state index < -0.39 is 0 Å². The summed E-state index contributed by atoms with van der Waals surface area (Å²) in [6, 6.07) is 0.886. The van der Waals surface area contributed by atoms with E-state index in [0.717, 1.165) is 25.0 Å². The number of hydrogen-bond acceptors (Lipinski definition) is 4. The lowest BCUT2D eigenvalue weighted by Gasteiger charge is -2.39. The lowest BCUT2D eigenvalue weighted by Crippen LogP contribution is -2.46. The molecule has 0 aromatic carbocycles. The highest BCUT2D eigenvalue weighted by atomic mass is 15.3. The van der Waals surface area contributed by atoms with Gasteiger partial charge in [0.15, 0.2) is 0 Å². The quantitative estimate of drug-likeness (QED) is 0.579. The van der Waals surface area contributed by atoms with Crippen molar-refractivity contribution in [3.8, 4) is 0 Å². The van der Waals surface area contributed by atoms with Crippen LogP contribution in [0.4, 0.5) is 0 Å². The first kappa shape index (κ1) is 23.3. The Bertz CT molecular complexity index is 672. The molecule has 1 saturated carbocycles. The van der Waals surface area contributed by atoms with Gasteiger partial charge in [0.2, 0.25) is 0 Å². The first-order valence-electron chi connectivity index (χ1n) is 13.4. The minimum atomic E-state index is 0.831. The predicted molar refractivity (Wildman–Crippen MR) is 129 cm³/mol. The fourth-order valence-corrected chi connectivity index (χ4v) is 6.41. The smallest absolute Gasteiger partial charge is 0.0641 e. The van der Waals surface area contributed by atoms with Crippen molar-refractivity contribution < 1.29 is 0 Å². The van der Waals surface area contributed by atoms with Crippen LogP contribution in [0.25, 0.3) is 0 Å². The van der Waals surface area contributed by atoms with Crippen LogP contribution in [0.3, 0.4) is 0 Å². The minimum Gasteiger partial charge on any atom is -0.302 e. The predicted octanol–water partition coefficient (Wildman–Crippen LogP) is 4.46. The van der Waals surface area contributed by atoms with E-state index in [2.05, 4.69) is 40.2 Å². The molecule has 0 N–H and O–H groups in total. The van der Waals surface area contributed by atoms with Gasteiger partial charge in [-0.15, -0.1) is 0 Å². The molecule has 1 aromatic rings. The van der Waals surface area contributed by atoms with Crippen molar-refractivity contribution in [2.75, 3.05) is 45.8 Å². The molecule has 4 rings (SSSR count). The van der Waals surface area contributed by atoms with Gasteiger partial charge in [0.1, 0.15) is 0 Å². The summed E-state index contributed by atoms with van der Waals surface area (Å²) in [5.41, 5.74) is 4.08. The van der Waals surface area contributed by atoms with Crippen LogP contribution in [0.5, 0.6) is 0 Å². The summed E-state index contributed by atoms with van der Waals surface area (Å²) in [7, 11) is 0. The molecule has 0 spiro atoms. The monoisotopic (exact) mass is 429 g/mol. The lowest BCUT2D eigenvalue weighted by molar-refractivity contribution is 0.0911. The molecule has 3 heterocycles. The van der Waals surface area contributed by atoms with E-state index in [0.29, 0.717) is 0 Å². The van der Waals surface area contributed by atoms with Gasteiger partial charge in [-0.05, 0) is 84.8 Å². The molecular formula is C26H47N5. The second kappa shape index (κ2) is 11.3. The third-order valence-electron chi connectivity index (χ3n) is 8.30. The Morgan fingerprint density at radius 3 is 2.42 bits per heavy atom. The van der Waals surface area contributed by atoms with Gasteiger partial charge >= 0.3 is 0 Å². The molecule has 3 fully saturated rings. The largest absolute Gasteiger partial charge is 0.302 e. The molecular weight excluding hydrogens is 382 g/mol. The highest BCUT2D eigenvalue weighted by Gasteiger charge is 2.29. The molecule has 0 radical (unpaired) electrons. The Balaban J connectivity index is 1.40. The first-order chi connectivity index (χ1) is 15.1. The normalized spacial score (nSPS) is 24.5. The Kier molecular flexibility index (Phi) is 8.47. The fourth-order valence-electron chi connectivity index (χ4n) is 6.41. The van der Waals surface area contributed by atoms with Crippen molar-refractivity contribution in [2.45, 2.75) is 97.7 Å². The first-order valence-corrected chi connectivity index (χ1v) is 13.4. The number of likely N-dealkylation sites (tertiary alicyclic amines) is 2. The van der Waals surface area contributed by atoms with Crippen molar-refractivity contribution in [3.05, 3.63) is 17.0 Å². The van der Waals surface area contributed by atoms with Crippen LogP contribution < -0.4 is 0 Å². The van der Waals surface area contributed by atoms with Gasteiger partial charge in [0, 0.05) is 56.6 Å². The van der Waals surface area contributed by atoms with Crippen LogP contribution in [0, 0.1) is 19.8 Å². The standard InChI is InChI=1S/C26H47N5/c1-4-31-23(3)26(22(2)27-31)21-29(18-17-28-14-8-5-9-15-28)19-24-11-10-16-30(20-24)25-12-6-7-13-25/h24-25H,4-21H2,1-3H3/t24-/m0/s1. The van der Waals surface area contributed by atoms with E-state index in [4.69, 9.17) is 5.10 Å². The molecule has 3 aliphatic rings. The second-order valence-electron chi connectivity index (χ2n) is 10.5. The topological polar surface area (TPSA) is 27.5 Å². The summed E-state index contributed by atoms with van der Waals surface area (Å²) in [6.07, 6.45) is 12.8. The Morgan fingerprint density at radius 1 is 0.935 bits per heavy atom. The van der Waals surface area contributed by atoms with E-state index in [1.807, 2.05) is 0 Å². The van der Waals surface area contributed by atoms with E-state index in [1.165, 1.54) is 121 Å².